The summed E-state index contributed by atoms with van der Waals surface area (Å²) in [7, 11) is 0. The quantitative estimate of drug-likeness (QED) is 0.401. The van der Waals surface area contributed by atoms with Crippen molar-refractivity contribution in [2.24, 2.45) is 0 Å². The highest BCUT2D eigenvalue weighted by molar-refractivity contribution is 7.99. The number of carbonyl (C=O) groups excluding carboxylic acids is 1. The number of thioether (sulfide) groups is 1. The number of thiophene rings is 1. The monoisotopic (exact) mass is 479 g/mol. The van der Waals surface area contributed by atoms with Crippen LogP contribution in [0.1, 0.15) is 34.4 Å². The molecule has 5 rings (SSSR count). The summed E-state index contributed by atoms with van der Waals surface area (Å²) in [4.78, 5) is 13.8. The van der Waals surface area contributed by atoms with Crippen LogP contribution in [0, 0.1) is 11.3 Å². The first kappa shape index (κ1) is 21.6. The molecule has 1 aliphatic carbocycles. The van der Waals surface area contributed by atoms with E-state index in [0.717, 1.165) is 24.8 Å². The van der Waals surface area contributed by atoms with Crippen molar-refractivity contribution in [2.75, 3.05) is 17.7 Å². The molecule has 0 radical (unpaired) electrons. The maximum Gasteiger partial charge on any atom is 0.235 e. The Bertz CT molecular complexity index is 1260. The molecule has 0 saturated carbocycles. The van der Waals surface area contributed by atoms with Gasteiger partial charge >= 0.3 is 0 Å². The van der Waals surface area contributed by atoms with Crippen LogP contribution in [0.4, 0.5) is 5.00 Å². The molecule has 3 aromatic rings. The first-order valence-electron chi connectivity index (χ1n) is 10.6. The van der Waals surface area contributed by atoms with Crippen LogP contribution in [0.15, 0.2) is 42.1 Å². The predicted octanol–water partition coefficient (Wildman–Crippen LogP) is 4.13. The van der Waals surface area contributed by atoms with Gasteiger partial charge in [-0.25, -0.2) is 0 Å². The number of anilines is 1. The van der Waals surface area contributed by atoms with Gasteiger partial charge < -0.3 is 14.8 Å². The highest BCUT2D eigenvalue weighted by atomic mass is 32.2. The summed E-state index contributed by atoms with van der Waals surface area (Å²) in [5.41, 5.74) is 1.70. The fraction of sp³-hybridized carbons (Fsp3) is 0.304. The van der Waals surface area contributed by atoms with E-state index in [9.17, 15) is 10.1 Å². The number of amides is 1. The van der Waals surface area contributed by atoms with E-state index in [1.165, 1.54) is 28.0 Å². The molecule has 3 heterocycles. The van der Waals surface area contributed by atoms with Crippen LogP contribution in [-0.4, -0.2) is 33.0 Å². The third kappa shape index (κ3) is 4.21. The predicted molar refractivity (Wildman–Crippen MR) is 126 cm³/mol. The summed E-state index contributed by atoms with van der Waals surface area (Å²) in [5, 5.41) is 22.3. The Kier molecular flexibility index (Phi) is 6.07. The number of aromatic nitrogens is 3. The Morgan fingerprint density at radius 1 is 1.36 bits per heavy atom. The molecule has 1 N–H and O–H groups in total. The number of fused-ring (bicyclic) bond motifs is 2. The molecular weight excluding hydrogens is 458 g/mol. The molecule has 1 atom stereocenters. The van der Waals surface area contributed by atoms with Crippen LogP contribution in [0.25, 0.3) is 0 Å². The zero-order valence-corrected chi connectivity index (χ0v) is 19.4. The van der Waals surface area contributed by atoms with E-state index in [2.05, 4.69) is 28.2 Å². The summed E-state index contributed by atoms with van der Waals surface area (Å²) in [5.74, 6) is 1.94. The van der Waals surface area contributed by atoms with Gasteiger partial charge in [0.15, 0.2) is 28.6 Å². The molecule has 8 nitrogen and oxygen atoms in total. The summed E-state index contributed by atoms with van der Waals surface area (Å²) in [6, 6.07) is 9.75. The van der Waals surface area contributed by atoms with Crippen LogP contribution < -0.4 is 14.8 Å². The van der Waals surface area contributed by atoms with E-state index in [-0.39, 0.29) is 11.7 Å². The topological polar surface area (TPSA) is 102 Å². The first-order valence-corrected chi connectivity index (χ1v) is 12.4. The number of benzene rings is 1. The van der Waals surface area contributed by atoms with Gasteiger partial charge in [0, 0.05) is 11.4 Å². The smallest absolute Gasteiger partial charge is 0.235 e. The number of hydrogen-bond acceptors (Lipinski definition) is 8. The number of rotatable bonds is 7. The molecule has 10 heteroatoms. The second-order valence-electron chi connectivity index (χ2n) is 7.61. The van der Waals surface area contributed by atoms with Gasteiger partial charge in [-0.1, -0.05) is 30.0 Å². The lowest BCUT2D eigenvalue weighted by molar-refractivity contribution is -0.113. The maximum atomic E-state index is 12.6. The van der Waals surface area contributed by atoms with Gasteiger partial charge in [0.25, 0.3) is 0 Å². The third-order valence-corrected chi connectivity index (χ3v) is 7.65. The number of nitrogens with one attached hydrogen (secondary N) is 1. The van der Waals surface area contributed by atoms with E-state index in [1.54, 1.807) is 6.08 Å². The molecule has 0 spiro atoms. The number of hydrogen-bond donors (Lipinski definition) is 1. The van der Waals surface area contributed by atoms with Gasteiger partial charge in [-0.05, 0) is 37.0 Å². The Hall–Kier alpha value is -3.29. The lowest BCUT2D eigenvalue weighted by Crippen LogP contribution is -2.25. The largest absolute Gasteiger partial charge is 0.485 e. The minimum atomic E-state index is -0.415. The number of nitriles is 1. The number of nitrogens with zero attached hydrogens (tertiary/aromatic N) is 4. The SMILES string of the molecule is C=CCn1c(SCC(=O)Nc2sc3c(c2C#N)CCC3)nnc1[C@H]1COc2ccccc2O1. The van der Waals surface area contributed by atoms with Crippen LogP contribution in [0.3, 0.4) is 0 Å². The van der Waals surface area contributed by atoms with E-state index in [4.69, 9.17) is 9.47 Å². The Morgan fingerprint density at radius 2 is 2.21 bits per heavy atom. The average molecular weight is 480 g/mol. The first-order chi connectivity index (χ1) is 16.2. The number of ether oxygens (including phenoxy) is 2. The van der Waals surface area contributed by atoms with Crippen molar-refractivity contribution in [1.82, 2.24) is 14.8 Å². The van der Waals surface area contributed by atoms with Gasteiger partial charge in [0.2, 0.25) is 5.91 Å². The number of carbonyl (C=O) groups is 1. The Labute approximate surface area is 199 Å². The normalized spacial score (nSPS) is 16.2. The van der Waals surface area contributed by atoms with Crippen LogP contribution in [-0.2, 0) is 24.2 Å². The van der Waals surface area contributed by atoms with Crippen LogP contribution in [0.5, 0.6) is 11.5 Å². The second kappa shape index (κ2) is 9.29. The molecule has 33 heavy (non-hydrogen) atoms. The molecule has 1 aliphatic heterocycles. The third-order valence-electron chi connectivity index (χ3n) is 5.47. The molecule has 1 aromatic carbocycles. The molecule has 2 aromatic heterocycles. The van der Waals surface area contributed by atoms with Crippen molar-refractivity contribution in [3.8, 4) is 17.6 Å². The van der Waals surface area contributed by atoms with Crippen LogP contribution in [0.2, 0.25) is 0 Å². The van der Waals surface area contributed by atoms with Crippen molar-refractivity contribution in [3.05, 3.63) is 58.7 Å². The number of allylic oxidation sites excluding steroid dienone is 1. The van der Waals surface area contributed by atoms with E-state index < -0.39 is 6.10 Å². The zero-order chi connectivity index (χ0) is 22.8. The maximum absolute atomic E-state index is 12.6. The lowest BCUT2D eigenvalue weighted by atomic mass is 10.1. The summed E-state index contributed by atoms with van der Waals surface area (Å²) < 4.78 is 13.8. The van der Waals surface area contributed by atoms with Crippen molar-refractivity contribution < 1.29 is 14.3 Å². The van der Waals surface area contributed by atoms with Crippen molar-refractivity contribution in [2.45, 2.75) is 37.1 Å². The van der Waals surface area contributed by atoms with Gasteiger partial charge in [-0.15, -0.1) is 28.1 Å². The lowest BCUT2D eigenvalue weighted by Gasteiger charge is -2.26. The molecule has 0 saturated heterocycles. The molecule has 168 valence electrons. The van der Waals surface area contributed by atoms with Crippen LogP contribution >= 0.6 is 23.1 Å². The highest BCUT2D eigenvalue weighted by Crippen LogP contribution is 2.39. The zero-order valence-electron chi connectivity index (χ0n) is 17.7. The van der Waals surface area contributed by atoms with Crippen molar-refractivity contribution in [3.63, 3.8) is 0 Å². The fourth-order valence-electron chi connectivity index (χ4n) is 4.00. The molecule has 0 unspecified atom stereocenters. The molecule has 0 fully saturated rings. The van der Waals surface area contributed by atoms with Gasteiger partial charge in [-0.2, -0.15) is 5.26 Å². The standard InChI is InChI=1S/C23H21N5O3S2/c1-2-10-28-21(18-12-30-16-7-3-4-8-17(16)31-18)26-27-23(28)32-13-20(29)25-22-15(11-24)14-6-5-9-19(14)33-22/h2-4,7-8,18H,1,5-6,9-10,12-13H2,(H,25,29)/t18-/m1/s1. The Balaban J connectivity index is 1.28. The second-order valence-corrected chi connectivity index (χ2v) is 9.66. The van der Waals surface area contributed by atoms with Crippen molar-refractivity contribution in [1.29, 1.82) is 5.26 Å². The van der Waals surface area contributed by atoms with Crippen molar-refractivity contribution >= 4 is 34.0 Å². The molecule has 1 amide bonds. The Morgan fingerprint density at radius 3 is 3.03 bits per heavy atom. The van der Waals surface area contributed by atoms with E-state index in [0.29, 0.717) is 46.2 Å². The van der Waals surface area contributed by atoms with Gasteiger partial charge in [0.05, 0.1) is 11.3 Å². The summed E-state index contributed by atoms with van der Waals surface area (Å²) in [6.07, 6.45) is 4.29. The summed E-state index contributed by atoms with van der Waals surface area (Å²) in [6.45, 7) is 4.62. The van der Waals surface area contributed by atoms with E-state index in [1.807, 2.05) is 28.8 Å². The molecule has 0 bridgehead atoms. The van der Waals surface area contributed by atoms with Gasteiger partial charge in [0.1, 0.15) is 17.7 Å². The molecular formula is C23H21N5O3S2. The minimum Gasteiger partial charge on any atom is -0.485 e. The van der Waals surface area contributed by atoms with E-state index >= 15 is 0 Å². The average Bonchev–Trinajstić information content (AvgIpc) is 3.52. The molecule has 2 aliphatic rings. The minimum absolute atomic E-state index is 0.146. The highest BCUT2D eigenvalue weighted by Gasteiger charge is 2.29. The number of para-hydroxylation sites is 2. The summed E-state index contributed by atoms with van der Waals surface area (Å²) >= 11 is 2.80. The number of aryl methyl sites for hydroxylation is 1. The van der Waals surface area contributed by atoms with Gasteiger partial charge in [-0.3, -0.25) is 9.36 Å². The fourth-order valence-corrected chi connectivity index (χ4v) is 6.01.